The molecular weight excluding hydrogens is 468 g/mol. The predicted molar refractivity (Wildman–Crippen MR) is 118 cm³/mol. The van der Waals surface area contributed by atoms with Gasteiger partial charge in [-0.2, -0.15) is 13.2 Å². The number of fused-ring (bicyclic) bond motifs is 1. The van der Waals surface area contributed by atoms with E-state index in [0.29, 0.717) is 5.02 Å². The number of benzene rings is 2. The van der Waals surface area contributed by atoms with Crippen molar-refractivity contribution >= 4 is 29.5 Å². The van der Waals surface area contributed by atoms with Gasteiger partial charge in [0.1, 0.15) is 0 Å². The Labute approximate surface area is 190 Å². The first-order valence-electron chi connectivity index (χ1n) is 9.05. The number of hydrogen-bond donors (Lipinski definition) is 1. The number of aromatic nitrogens is 2. The molecule has 4 rings (SSSR count). The van der Waals surface area contributed by atoms with Crippen LogP contribution in [0.2, 0.25) is 5.02 Å². The van der Waals surface area contributed by atoms with Crippen LogP contribution in [0, 0.1) is 0 Å². The highest BCUT2D eigenvalue weighted by Crippen LogP contribution is 2.36. The molecule has 0 saturated heterocycles. The molecule has 0 saturated carbocycles. The molecule has 166 valence electrons. The molecule has 1 N–H and O–H groups in total. The first-order valence-corrected chi connectivity index (χ1v) is 9.43. The Balaban J connectivity index is 0.00000289. The summed E-state index contributed by atoms with van der Waals surface area (Å²) in [5.41, 5.74) is -3.11. The summed E-state index contributed by atoms with van der Waals surface area (Å²) in [4.78, 5) is 25.6. The molecule has 2 heterocycles. The van der Waals surface area contributed by atoms with Gasteiger partial charge in [0, 0.05) is 23.6 Å². The van der Waals surface area contributed by atoms with Crippen LogP contribution in [0.15, 0.2) is 76.7 Å². The third-order valence-electron chi connectivity index (χ3n) is 4.85. The normalized spacial score (nSPS) is 11.4. The highest BCUT2D eigenvalue weighted by atomic mass is 35.5. The Morgan fingerprint density at radius 2 is 1.69 bits per heavy atom. The molecule has 4 aromatic rings. The van der Waals surface area contributed by atoms with E-state index in [4.69, 9.17) is 11.6 Å². The predicted octanol–water partition coefficient (Wildman–Crippen LogP) is 4.98. The third-order valence-corrected chi connectivity index (χ3v) is 5.08. The van der Waals surface area contributed by atoms with Gasteiger partial charge < -0.3 is 14.1 Å². The van der Waals surface area contributed by atoms with Gasteiger partial charge in [0.05, 0.1) is 17.7 Å². The summed E-state index contributed by atoms with van der Waals surface area (Å²) < 4.78 is 42.6. The number of halogens is 5. The van der Waals surface area contributed by atoms with Crippen LogP contribution in [0.25, 0.3) is 16.6 Å². The minimum absolute atomic E-state index is 0. The number of pyridine rings is 1. The molecule has 10 heteroatoms. The second-order valence-corrected chi connectivity index (χ2v) is 7.32. The molecule has 0 spiro atoms. The molecule has 0 radical (unpaired) electrons. The molecule has 32 heavy (non-hydrogen) atoms. The molecule has 5 nitrogen and oxygen atoms in total. The van der Waals surface area contributed by atoms with Crippen LogP contribution < -0.4 is 11.0 Å². The van der Waals surface area contributed by atoms with Crippen molar-refractivity contribution in [1.29, 1.82) is 0 Å². The molecule has 0 bridgehead atoms. The highest BCUT2D eigenvalue weighted by molar-refractivity contribution is 6.30. The van der Waals surface area contributed by atoms with Gasteiger partial charge in [0.15, 0.2) is 11.3 Å². The van der Waals surface area contributed by atoms with Gasteiger partial charge in [-0.15, -0.1) is 12.4 Å². The summed E-state index contributed by atoms with van der Waals surface area (Å²) in [6.45, 7) is 0.127. The fourth-order valence-corrected chi connectivity index (χ4v) is 3.63. The van der Waals surface area contributed by atoms with Crippen LogP contribution in [0.3, 0.4) is 0 Å². The summed E-state index contributed by atoms with van der Waals surface area (Å²) in [7, 11) is 0. The monoisotopic (exact) mass is 482 g/mol. The zero-order valence-corrected chi connectivity index (χ0v) is 17.7. The van der Waals surface area contributed by atoms with Crippen LogP contribution in [-0.4, -0.2) is 14.1 Å². The van der Waals surface area contributed by atoms with Crippen molar-refractivity contribution in [1.82, 2.24) is 8.97 Å². The standard InChI is InChI=1S/C22H14ClF3N2O3.ClH/c23-14-5-3-4-13(10-14)11-28-9-8-27-12-16(19(29)20(30)18(27)21(28)31)15-6-1-2-7-17(15)22(24,25)26;/h1-10,12,30H,11H2;1H. The number of nitrogens with zero attached hydrogens (tertiary/aromatic N) is 2. The maximum absolute atomic E-state index is 13.4. The fraction of sp³-hybridized carbons (Fsp3) is 0.0909. The first kappa shape index (κ1) is 23.4. The van der Waals surface area contributed by atoms with Gasteiger partial charge in [0.25, 0.3) is 5.56 Å². The van der Waals surface area contributed by atoms with Gasteiger partial charge in [-0.1, -0.05) is 41.9 Å². The van der Waals surface area contributed by atoms with E-state index in [0.717, 1.165) is 28.3 Å². The average Bonchev–Trinajstić information content (AvgIpc) is 2.72. The van der Waals surface area contributed by atoms with Crippen molar-refractivity contribution in [2.45, 2.75) is 12.7 Å². The quantitative estimate of drug-likeness (QED) is 0.448. The zero-order chi connectivity index (χ0) is 22.3. The summed E-state index contributed by atoms with van der Waals surface area (Å²) in [6, 6.07) is 11.4. The topological polar surface area (TPSA) is 63.7 Å². The SMILES string of the molecule is Cl.O=c1c(-c2ccccc2C(F)(F)F)cn2ccn(Cc3cccc(Cl)c3)c(=O)c2c1O. The summed E-state index contributed by atoms with van der Waals surface area (Å²) in [6.07, 6.45) is -0.772. The van der Waals surface area contributed by atoms with Gasteiger partial charge in [0.2, 0.25) is 5.43 Å². The smallest absolute Gasteiger partial charge is 0.417 e. The van der Waals surface area contributed by atoms with E-state index in [9.17, 15) is 27.9 Å². The van der Waals surface area contributed by atoms with Gasteiger partial charge in [-0.25, -0.2) is 0 Å². The largest absolute Gasteiger partial charge is 0.503 e. The molecule has 0 atom stereocenters. The molecule has 0 amide bonds. The molecule has 2 aromatic heterocycles. The molecule has 0 aliphatic rings. The first-order chi connectivity index (χ1) is 14.7. The molecule has 0 aliphatic heterocycles. The Kier molecular flexibility index (Phi) is 6.39. The van der Waals surface area contributed by atoms with Gasteiger partial charge >= 0.3 is 6.18 Å². The lowest BCUT2D eigenvalue weighted by atomic mass is 10.00. The van der Waals surface area contributed by atoms with Crippen molar-refractivity contribution < 1.29 is 18.3 Å². The van der Waals surface area contributed by atoms with Crippen LogP contribution in [0.1, 0.15) is 11.1 Å². The number of aromatic hydroxyl groups is 1. The number of rotatable bonds is 3. The van der Waals surface area contributed by atoms with E-state index in [2.05, 4.69) is 0 Å². The van der Waals surface area contributed by atoms with Crippen LogP contribution in [0.4, 0.5) is 13.2 Å². The molecular formula is C22H15Cl2F3N2O3. The zero-order valence-electron chi connectivity index (χ0n) is 16.1. The van der Waals surface area contributed by atoms with E-state index >= 15 is 0 Å². The molecule has 0 fully saturated rings. The minimum Gasteiger partial charge on any atom is -0.503 e. The van der Waals surface area contributed by atoms with Crippen LogP contribution in [0.5, 0.6) is 5.75 Å². The Morgan fingerprint density at radius 1 is 0.969 bits per heavy atom. The molecule has 0 aliphatic carbocycles. The maximum Gasteiger partial charge on any atom is 0.417 e. The molecule has 0 unspecified atom stereocenters. The van der Waals surface area contributed by atoms with Crippen molar-refractivity contribution in [3.05, 3.63) is 104 Å². The minimum atomic E-state index is -4.70. The second kappa shape index (κ2) is 8.72. The maximum atomic E-state index is 13.4. The lowest BCUT2D eigenvalue weighted by Crippen LogP contribution is -2.25. The van der Waals surface area contributed by atoms with Crippen molar-refractivity contribution in [3.8, 4) is 16.9 Å². The summed E-state index contributed by atoms with van der Waals surface area (Å²) in [5, 5.41) is 10.9. The van der Waals surface area contributed by atoms with E-state index < -0.39 is 28.5 Å². The Hall–Kier alpha value is -3.23. The lowest BCUT2D eigenvalue weighted by molar-refractivity contribution is -0.137. The average molecular weight is 483 g/mol. The van der Waals surface area contributed by atoms with Crippen LogP contribution >= 0.6 is 24.0 Å². The van der Waals surface area contributed by atoms with E-state index in [1.165, 1.54) is 29.1 Å². The number of hydrogen-bond acceptors (Lipinski definition) is 3. The van der Waals surface area contributed by atoms with Crippen molar-refractivity contribution in [3.63, 3.8) is 0 Å². The Morgan fingerprint density at radius 3 is 2.38 bits per heavy atom. The Bertz CT molecular complexity index is 1430. The third kappa shape index (κ3) is 4.24. The summed E-state index contributed by atoms with van der Waals surface area (Å²) >= 11 is 5.96. The summed E-state index contributed by atoms with van der Waals surface area (Å²) in [5.74, 6) is -0.917. The second-order valence-electron chi connectivity index (χ2n) is 6.88. The van der Waals surface area contributed by atoms with Crippen LogP contribution in [-0.2, 0) is 12.7 Å². The van der Waals surface area contributed by atoms with Gasteiger partial charge in [-0.3, -0.25) is 9.59 Å². The van der Waals surface area contributed by atoms with E-state index in [1.54, 1.807) is 24.3 Å². The van der Waals surface area contributed by atoms with E-state index in [1.807, 2.05) is 0 Å². The van der Waals surface area contributed by atoms with Crippen molar-refractivity contribution in [2.75, 3.05) is 0 Å². The van der Waals surface area contributed by atoms with Gasteiger partial charge in [-0.05, 0) is 29.3 Å². The fourth-order valence-electron chi connectivity index (χ4n) is 3.42. The lowest BCUT2D eigenvalue weighted by Gasteiger charge is -2.14. The van der Waals surface area contributed by atoms with E-state index in [-0.39, 0.29) is 35.6 Å². The highest BCUT2D eigenvalue weighted by Gasteiger charge is 2.34. The number of alkyl halides is 3. The molecule has 2 aromatic carbocycles. The van der Waals surface area contributed by atoms with Crippen molar-refractivity contribution in [2.24, 2.45) is 0 Å².